The molecule has 1 aromatic rings. The Bertz CT molecular complexity index is 662. The van der Waals surface area contributed by atoms with E-state index in [1.165, 1.54) is 0 Å². The highest BCUT2D eigenvalue weighted by molar-refractivity contribution is 5.79. The van der Waals surface area contributed by atoms with Crippen molar-refractivity contribution in [2.45, 2.75) is 12.0 Å². The molecule has 3 aliphatic rings. The quantitative estimate of drug-likeness (QED) is 0.788. The van der Waals surface area contributed by atoms with E-state index in [2.05, 4.69) is 17.0 Å². The zero-order valence-corrected chi connectivity index (χ0v) is 14.9. The van der Waals surface area contributed by atoms with Gasteiger partial charge >= 0.3 is 6.09 Å². The third-order valence-corrected chi connectivity index (χ3v) is 5.53. The minimum Gasteiger partial charge on any atom is -0.447 e. The van der Waals surface area contributed by atoms with Gasteiger partial charge in [-0.3, -0.25) is 14.6 Å². The SMILES string of the molecule is O=C(CN1CCOCC1)N1CCN2C(=O)OCC2(Cc2ccccc2)C1. The van der Waals surface area contributed by atoms with E-state index in [1.54, 1.807) is 0 Å². The molecule has 0 N–H and O–H groups in total. The predicted molar refractivity (Wildman–Crippen MR) is 94.8 cm³/mol. The Balaban J connectivity index is 1.47. The summed E-state index contributed by atoms with van der Waals surface area (Å²) in [5.41, 5.74) is 0.690. The highest BCUT2D eigenvalue weighted by Gasteiger charge is 2.51. The molecule has 2 amide bonds. The number of cyclic esters (lactones) is 1. The van der Waals surface area contributed by atoms with Gasteiger partial charge in [-0.05, 0) is 5.56 Å². The van der Waals surface area contributed by atoms with Gasteiger partial charge < -0.3 is 14.4 Å². The zero-order chi connectivity index (χ0) is 18.0. The van der Waals surface area contributed by atoms with E-state index in [-0.39, 0.29) is 12.0 Å². The topological polar surface area (TPSA) is 62.3 Å². The van der Waals surface area contributed by atoms with Crippen molar-refractivity contribution in [2.24, 2.45) is 0 Å². The van der Waals surface area contributed by atoms with Gasteiger partial charge in [0.15, 0.2) is 0 Å². The van der Waals surface area contributed by atoms with Crippen LogP contribution < -0.4 is 0 Å². The van der Waals surface area contributed by atoms with E-state index < -0.39 is 5.54 Å². The first-order chi connectivity index (χ1) is 12.7. The Morgan fingerprint density at radius 3 is 2.62 bits per heavy atom. The second-order valence-corrected chi connectivity index (χ2v) is 7.30. The van der Waals surface area contributed by atoms with Crippen molar-refractivity contribution < 1.29 is 19.1 Å². The maximum atomic E-state index is 12.8. The number of hydrogen-bond donors (Lipinski definition) is 0. The average Bonchev–Trinajstić information content (AvgIpc) is 2.99. The molecule has 1 aromatic carbocycles. The lowest BCUT2D eigenvalue weighted by Crippen LogP contribution is -2.64. The van der Waals surface area contributed by atoms with Gasteiger partial charge in [-0.1, -0.05) is 30.3 Å². The number of rotatable bonds is 4. The van der Waals surface area contributed by atoms with Crippen LogP contribution in [0.5, 0.6) is 0 Å². The molecule has 3 fully saturated rings. The first-order valence-corrected chi connectivity index (χ1v) is 9.23. The summed E-state index contributed by atoms with van der Waals surface area (Å²) >= 11 is 0. The van der Waals surface area contributed by atoms with Crippen molar-refractivity contribution in [1.29, 1.82) is 0 Å². The number of piperazine rings is 1. The monoisotopic (exact) mass is 359 g/mol. The molecule has 26 heavy (non-hydrogen) atoms. The molecular formula is C19H25N3O4. The Morgan fingerprint density at radius 1 is 1.08 bits per heavy atom. The van der Waals surface area contributed by atoms with Gasteiger partial charge in [-0.2, -0.15) is 0 Å². The van der Waals surface area contributed by atoms with Crippen LogP contribution >= 0.6 is 0 Å². The van der Waals surface area contributed by atoms with Crippen molar-refractivity contribution in [3.05, 3.63) is 35.9 Å². The molecule has 7 nitrogen and oxygen atoms in total. The lowest BCUT2D eigenvalue weighted by Gasteiger charge is -2.45. The van der Waals surface area contributed by atoms with Gasteiger partial charge in [0.2, 0.25) is 5.91 Å². The Hall–Kier alpha value is -2.12. The third-order valence-electron chi connectivity index (χ3n) is 5.53. The number of fused-ring (bicyclic) bond motifs is 1. The first-order valence-electron chi connectivity index (χ1n) is 9.23. The molecule has 0 spiro atoms. The number of amides is 2. The largest absolute Gasteiger partial charge is 0.447 e. The summed E-state index contributed by atoms with van der Waals surface area (Å²) in [5.74, 6) is 0.123. The minimum atomic E-state index is -0.461. The molecule has 3 heterocycles. The summed E-state index contributed by atoms with van der Waals surface area (Å²) in [4.78, 5) is 30.9. The zero-order valence-electron chi connectivity index (χ0n) is 14.9. The molecule has 1 atom stereocenters. The number of carbonyl (C=O) groups is 2. The van der Waals surface area contributed by atoms with Gasteiger partial charge in [0.25, 0.3) is 0 Å². The van der Waals surface area contributed by atoms with Gasteiger partial charge in [-0.15, -0.1) is 0 Å². The molecule has 0 radical (unpaired) electrons. The maximum absolute atomic E-state index is 12.8. The fourth-order valence-electron chi connectivity index (χ4n) is 4.10. The molecule has 0 bridgehead atoms. The van der Waals surface area contributed by atoms with Crippen LogP contribution in [0.15, 0.2) is 30.3 Å². The molecule has 4 rings (SSSR count). The molecule has 3 aliphatic heterocycles. The van der Waals surface area contributed by atoms with Crippen molar-refractivity contribution in [3.63, 3.8) is 0 Å². The van der Waals surface area contributed by atoms with Gasteiger partial charge in [0.1, 0.15) is 12.1 Å². The summed E-state index contributed by atoms with van der Waals surface area (Å²) < 4.78 is 10.7. The van der Waals surface area contributed by atoms with Gasteiger partial charge in [0.05, 0.1) is 19.8 Å². The lowest BCUT2D eigenvalue weighted by molar-refractivity contribution is -0.137. The molecule has 0 aromatic heterocycles. The predicted octanol–water partition coefficient (Wildman–Crippen LogP) is 0.595. The Labute approximate surface area is 153 Å². The van der Waals surface area contributed by atoms with Crippen LogP contribution in [-0.2, 0) is 20.7 Å². The first kappa shape index (κ1) is 17.3. The number of nitrogens with zero attached hydrogens (tertiary/aromatic N) is 3. The second kappa shape index (κ2) is 7.25. The Kier molecular flexibility index (Phi) is 4.82. The summed E-state index contributed by atoms with van der Waals surface area (Å²) in [5, 5.41) is 0. The number of hydrogen-bond acceptors (Lipinski definition) is 5. The van der Waals surface area contributed by atoms with Crippen LogP contribution in [0.2, 0.25) is 0 Å². The number of ether oxygens (including phenoxy) is 2. The molecular weight excluding hydrogens is 334 g/mol. The third kappa shape index (κ3) is 3.41. The van der Waals surface area contributed by atoms with Crippen LogP contribution in [0.1, 0.15) is 5.56 Å². The van der Waals surface area contributed by atoms with Crippen LogP contribution in [0.25, 0.3) is 0 Å². The Morgan fingerprint density at radius 2 is 1.85 bits per heavy atom. The van der Waals surface area contributed by atoms with E-state index in [9.17, 15) is 9.59 Å². The number of benzene rings is 1. The molecule has 0 saturated carbocycles. The minimum absolute atomic E-state index is 0.123. The van der Waals surface area contributed by atoms with Crippen molar-refractivity contribution >= 4 is 12.0 Å². The standard InChI is InChI=1S/C19H25N3O4/c23-17(13-20-8-10-25-11-9-20)21-6-7-22-18(24)26-15-19(22,14-21)12-16-4-2-1-3-5-16/h1-5H,6-15H2. The number of carbonyl (C=O) groups excluding carboxylic acids is 2. The van der Waals surface area contributed by atoms with Crippen LogP contribution in [0.4, 0.5) is 4.79 Å². The van der Waals surface area contributed by atoms with E-state index in [1.807, 2.05) is 28.0 Å². The fraction of sp³-hybridized carbons (Fsp3) is 0.579. The van der Waals surface area contributed by atoms with Crippen molar-refractivity contribution in [2.75, 3.05) is 59.1 Å². The summed E-state index contributed by atoms with van der Waals surface area (Å²) in [7, 11) is 0. The van der Waals surface area contributed by atoms with E-state index >= 15 is 0 Å². The molecule has 3 saturated heterocycles. The summed E-state index contributed by atoms with van der Waals surface area (Å²) in [6.45, 7) is 5.32. The highest BCUT2D eigenvalue weighted by atomic mass is 16.6. The summed E-state index contributed by atoms with van der Waals surface area (Å²) in [6, 6.07) is 10.1. The second-order valence-electron chi connectivity index (χ2n) is 7.30. The van der Waals surface area contributed by atoms with Gasteiger partial charge in [-0.25, -0.2) is 4.79 Å². The average molecular weight is 359 g/mol. The van der Waals surface area contributed by atoms with Gasteiger partial charge in [0, 0.05) is 39.1 Å². The van der Waals surface area contributed by atoms with Crippen molar-refractivity contribution in [3.8, 4) is 0 Å². The van der Waals surface area contributed by atoms with Crippen molar-refractivity contribution in [1.82, 2.24) is 14.7 Å². The van der Waals surface area contributed by atoms with E-state index in [4.69, 9.17) is 9.47 Å². The van der Waals surface area contributed by atoms with Crippen LogP contribution in [-0.4, -0.2) is 91.3 Å². The van der Waals surface area contributed by atoms with Crippen LogP contribution in [0.3, 0.4) is 0 Å². The smallest absolute Gasteiger partial charge is 0.410 e. The van der Waals surface area contributed by atoms with E-state index in [0.29, 0.717) is 52.4 Å². The lowest BCUT2D eigenvalue weighted by atomic mass is 9.88. The maximum Gasteiger partial charge on any atom is 0.410 e. The van der Waals surface area contributed by atoms with Crippen LogP contribution in [0, 0.1) is 0 Å². The number of morpholine rings is 1. The highest BCUT2D eigenvalue weighted by Crippen LogP contribution is 2.32. The molecule has 7 heteroatoms. The fourth-order valence-corrected chi connectivity index (χ4v) is 4.10. The normalized spacial score (nSPS) is 26.5. The molecule has 0 aliphatic carbocycles. The van der Waals surface area contributed by atoms with E-state index in [0.717, 1.165) is 18.7 Å². The molecule has 140 valence electrons. The summed E-state index contributed by atoms with van der Waals surface area (Å²) in [6.07, 6.45) is 0.433. The molecule has 1 unspecified atom stereocenters.